The summed E-state index contributed by atoms with van der Waals surface area (Å²) >= 11 is 0. The summed E-state index contributed by atoms with van der Waals surface area (Å²) < 4.78 is 0. The quantitative estimate of drug-likeness (QED) is 0.825. The molecule has 102 valence electrons. The van der Waals surface area contributed by atoms with E-state index in [1.807, 2.05) is 0 Å². The lowest BCUT2D eigenvalue weighted by Gasteiger charge is -2.44. The molecule has 0 radical (unpaired) electrons. The molecule has 1 unspecified atom stereocenters. The molecule has 0 bridgehead atoms. The van der Waals surface area contributed by atoms with E-state index in [0.29, 0.717) is 5.92 Å². The molecule has 1 atom stereocenters. The van der Waals surface area contributed by atoms with E-state index >= 15 is 0 Å². The van der Waals surface area contributed by atoms with Gasteiger partial charge >= 0.3 is 0 Å². The van der Waals surface area contributed by atoms with Gasteiger partial charge in [0.1, 0.15) is 6.04 Å². The van der Waals surface area contributed by atoms with Gasteiger partial charge in [-0.2, -0.15) is 0 Å². The van der Waals surface area contributed by atoms with E-state index in [4.69, 9.17) is 0 Å². The van der Waals surface area contributed by atoms with Gasteiger partial charge in [-0.25, -0.2) is 0 Å². The van der Waals surface area contributed by atoms with Crippen molar-refractivity contribution in [2.45, 2.75) is 52.5 Å². The van der Waals surface area contributed by atoms with Crippen molar-refractivity contribution in [3.63, 3.8) is 0 Å². The number of amides is 2. The third-order valence-corrected chi connectivity index (χ3v) is 4.12. The van der Waals surface area contributed by atoms with Gasteiger partial charge in [0.15, 0.2) is 0 Å². The molecule has 2 rings (SSSR count). The van der Waals surface area contributed by atoms with E-state index in [-0.39, 0.29) is 29.8 Å². The van der Waals surface area contributed by atoms with E-state index < -0.39 is 0 Å². The SMILES string of the molecule is CC(C)CC1NC(=O)CN(CC2(C)CCC2)C1=O. The van der Waals surface area contributed by atoms with Crippen LogP contribution in [0, 0.1) is 11.3 Å². The molecule has 2 amide bonds. The number of carbonyl (C=O) groups is 2. The predicted molar refractivity (Wildman–Crippen MR) is 69.9 cm³/mol. The number of carbonyl (C=O) groups excluding carboxylic acids is 2. The first-order valence-electron chi connectivity index (χ1n) is 6.98. The largest absolute Gasteiger partial charge is 0.343 e. The summed E-state index contributed by atoms with van der Waals surface area (Å²) in [6.07, 6.45) is 4.33. The lowest BCUT2D eigenvalue weighted by atomic mass is 9.70. The monoisotopic (exact) mass is 252 g/mol. The Labute approximate surface area is 109 Å². The van der Waals surface area contributed by atoms with Gasteiger partial charge in [0.05, 0.1) is 6.54 Å². The van der Waals surface area contributed by atoms with Crippen LogP contribution in [0.15, 0.2) is 0 Å². The van der Waals surface area contributed by atoms with Crippen LogP contribution in [-0.4, -0.2) is 35.8 Å². The predicted octanol–water partition coefficient (Wildman–Crippen LogP) is 1.55. The number of hydrogen-bond acceptors (Lipinski definition) is 2. The van der Waals surface area contributed by atoms with Crippen LogP contribution in [0.2, 0.25) is 0 Å². The first-order chi connectivity index (χ1) is 8.39. The van der Waals surface area contributed by atoms with Crippen molar-refractivity contribution >= 4 is 11.8 Å². The molecule has 18 heavy (non-hydrogen) atoms. The van der Waals surface area contributed by atoms with Crippen molar-refractivity contribution in [3.8, 4) is 0 Å². The van der Waals surface area contributed by atoms with E-state index in [1.54, 1.807) is 4.90 Å². The first-order valence-corrected chi connectivity index (χ1v) is 6.98. The fourth-order valence-corrected chi connectivity index (χ4v) is 2.94. The van der Waals surface area contributed by atoms with Crippen molar-refractivity contribution in [2.75, 3.05) is 13.1 Å². The van der Waals surface area contributed by atoms with E-state index in [2.05, 4.69) is 26.1 Å². The average molecular weight is 252 g/mol. The highest BCUT2D eigenvalue weighted by molar-refractivity contribution is 5.94. The highest BCUT2D eigenvalue weighted by Gasteiger charge is 2.39. The Kier molecular flexibility index (Phi) is 3.64. The van der Waals surface area contributed by atoms with Gasteiger partial charge in [-0.15, -0.1) is 0 Å². The Morgan fingerprint density at radius 2 is 2.06 bits per heavy atom. The van der Waals surface area contributed by atoms with Crippen LogP contribution in [0.3, 0.4) is 0 Å². The van der Waals surface area contributed by atoms with Gasteiger partial charge < -0.3 is 10.2 Å². The Hall–Kier alpha value is -1.06. The smallest absolute Gasteiger partial charge is 0.245 e. The highest BCUT2D eigenvalue weighted by Crippen LogP contribution is 2.41. The van der Waals surface area contributed by atoms with Crippen molar-refractivity contribution in [2.24, 2.45) is 11.3 Å². The number of hydrogen-bond donors (Lipinski definition) is 1. The minimum absolute atomic E-state index is 0.0110. The van der Waals surface area contributed by atoms with Crippen LogP contribution in [0.1, 0.15) is 46.5 Å². The maximum atomic E-state index is 12.3. The Morgan fingerprint density at radius 1 is 1.39 bits per heavy atom. The number of nitrogens with one attached hydrogen (secondary N) is 1. The second kappa shape index (κ2) is 4.90. The summed E-state index contributed by atoms with van der Waals surface area (Å²) in [5, 5.41) is 2.82. The average Bonchev–Trinajstić information content (AvgIpc) is 2.21. The molecule has 4 nitrogen and oxygen atoms in total. The molecular formula is C14H24N2O2. The highest BCUT2D eigenvalue weighted by atomic mass is 16.2. The van der Waals surface area contributed by atoms with E-state index in [9.17, 15) is 9.59 Å². The Morgan fingerprint density at radius 3 is 2.56 bits per heavy atom. The molecule has 0 spiro atoms. The second-order valence-corrected chi connectivity index (χ2v) is 6.61. The Bertz CT molecular complexity index is 348. The molecular weight excluding hydrogens is 228 g/mol. The Balaban J connectivity index is 2.00. The molecule has 1 heterocycles. The number of rotatable bonds is 4. The second-order valence-electron chi connectivity index (χ2n) is 6.61. The van der Waals surface area contributed by atoms with Crippen LogP contribution >= 0.6 is 0 Å². The third-order valence-electron chi connectivity index (χ3n) is 4.12. The molecule has 2 aliphatic rings. The molecule has 2 fully saturated rings. The zero-order chi connectivity index (χ0) is 13.3. The zero-order valence-corrected chi connectivity index (χ0v) is 11.7. The fourth-order valence-electron chi connectivity index (χ4n) is 2.94. The molecule has 1 saturated carbocycles. The summed E-state index contributed by atoms with van der Waals surface area (Å²) in [6, 6.07) is -0.310. The molecule has 4 heteroatoms. The third kappa shape index (κ3) is 2.85. The van der Waals surface area contributed by atoms with Gasteiger partial charge in [-0.1, -0.05) is 27.2 Å². The number of piperazine rings is 1. The van der Waals surface area contributed by atoms with Gasteiger partial charge in [0.2, 0.25) is 11.8 Å². The molecule has 1 saturated heterocycles. The van der Waals surface area contributed by atoms with Gasteiger partial charge in [0.25, 0.3) is 0 Å². The summed E-state index contributed by atoms with van der Waals surface area (Å²) in [6.45, 7) is 7.35. The lowest BCUT2D eigenvalue weighted by Crippen LogP contribution is -2.60. The minimum atomic E-state index is -0.310. The van der Waals surface area contributed by atoms with Crippen molar-refractivity contribution in [1.29, 1.82) is 0 Å². The van der Waals surface area contributed by atoms with E-state index in [1.165, 1.54) is 19.3 Å². The maximum Gasteiger partial charge on any atom is 0.245 e. The molecule has 0 aromatic rings. The summed E-state index contributed by atoms with van der Waals surface area (Å²) in [7, 11) is 0. The van der Waals surface area contributed by atoms with Crippen LogP contribution in [0.4, 0.5) is 0 Å². The van der Waals surface area contributed by atoms with Crippen LogP contribution in [0.25, 0.3) is 0 Å². The molecule has 0 aromatic carbocycles. The normalized spacial score (nSPS) is 27.1. The van der Waals surface area contributed by atoms with Crippen LogP contribution in [0.5, 0.6) is 0 Å². The standard InChI is InChI=1S/C14H24N2O2/c1-10(2)7-11-13(18)16(8-12(17)15-11)9-14(3)5-4-6-14/h10-11H,4-9H2,1-3H3,(H,15,17). The topological polar surface area (TPSA) is 49.4 Å². The van der Waals surface area contributed by atoms with Crippen molar-refractivity contribution in [1.82, 2.24) is 10.2 Å². The summed E-state index contributed by atoms with van der Waals surface area (Å²) in [5.74, 6) is 0.512. The van der Waals surface area contributed by atoms with Crippen LogP contribution < -0.4 is 5.32 Å². The maximum absolute atomic E-state index is 12.3. The molecule has 1 aliphatic carbocycles. The fraction of sp³-hybridized carbons (Fsp3) is 0.857. The van der Waals surface area contributed by atoms with Gasteiger partial charge in [-0.05, 0) is 30.6 Å². The van der Waals surface area contributed by atoms with Crippen LogP contribution in [-0.2, 0) is 9.59 Å². The van der Waals surface area contributed by atoms with Crippen molar-refractivity contribution in [3.05, 3.63) is 0 Å². The van der Waals surface area contributed by atoms with Gasteiger partial charge in [0, 0.05) is 6.54 Å². The first kappa shape index (κ1) is 13.4. The lowest BCUT2D eigenvalue weighted by molar-refractivity contribution is -0.147. The van der Waals surface area contributed by atoms with E-state index in [0.717, 1.165) is 13.0 Å². The molecule has 1 N–H and O–H groups in total. The van der Waals surface area contributed by atoms with Gasteiger partial charge in [-0.3, -0.25) is 9.59 Å². The zero-order valence-electron chi connectivity index (χ0n) is 11.7. The molecule has 0 aromatic heterocycles. The summed E-state index contributed by atoms with van der Waals surface area (Å²) in [5.41, 5.74) is 0.246. The van der Waals surface area contributed by atoms with Crippen molar-refractivity contribution < 1.29 is 9.59 Å². The molecule has 1 aliphatic heterocycles. The summed E-state index contributed by atoms with van der Waals surface area (Å²) in [4.78, 5) is 25.8. The number of nitrogens with zero attached hydrogens (tertiary/aromatic N) is 1. The minimum Gasteiger partial charge on any atom is -0.343 e.